The molecule has 0 saturated heterocycles. The van der Waals surface area contributed by atoms with Crippen LogP contribution in [0.5, 0.6) is 0 Å². The Bertz CT molecular complexity index is 220. The smallest absolute Gasteiger partial charge is 0.244 e. The highest BCUT2D eigenvalue weighted by molar-refractivity contribution is 5.85. The molecular weight excluding hydrogens is 140 g/mol. The molecule has 1 rings (SSSR count). The normalized spacial score (nSPS) is 24.7. The molecular formula is C8H15N2O+. The second-order valence-electron chi connectivity index (χ2n) is 3.17. The van der Waals surface area contributed by atoms with Crippen LogP contribution in [0, 0.1) is 0 Å². The van der Waals surface area contributed by atoms with Crippen LogP contribution in [0.2, 0.25) is 0 Å². The molecule has 1 aliphatic rings. The molecule has 3 nitrogen and oxygen atoms in total. The van der Waals surface area contributed by atoms with Crippen molar-refractivity contribution in [2.45, 2.75) is 19.9 Å². The SMILES string of the molecule is CC(=O)C1CN(C)C(C)=[N+]1C. The Hall–Kier alpha value is -0.860. The predicted octanol–water partition coefficient (Wildman–Crippen LogP) is -0.0499. The standard InChI is InChI=1S/C8H15N2O/c1-6(11)8-5-9(3)7(2)10(8)4/h8H,5H2,1-4H3/q+1. The first kappa shape index (κ1) is 8.24. The van der Waals surface area contributed by atoms with Crippen molar-refractivity contribution >= 4 is 11.6 Å². The molecule has 0 fully saturated rings. The van der Waals surface area contributed by atoms with Gasteiger partial charge in [0.1, 0.15) is 6.54 Å². The fraction of sp³-hybridized carbons (Fsp3) is 0.750. The highest BCUT2D eigenvalue weighted by atomic mass is 16.1. The van der Waals surface area contributed by atoms with Crippen molar-refractivity contribution in [1.29, 1.82) is 0 Å². The molecule has 0 radical (unpaired) electrons. The second-order valence-corrected chi connectivity index (χ2v) is 3.17. The first-order valence-electron chi connectivity index (χ1n) is 3.82. The van der Waals surface area contributed by atoms with E-state index in [9.17, 15) is 4.79 Å². The number of carbonyl (C=O) groups is 1. The van der Waals surface area contributed by atoms with Crippen molar-refractivity contribution in [2.24, 2.45) is 0 Å². The topological polar surface area (TPSA) is 23.3 Å². The van der Waals surface area contributed by atoms with Gasteiger partial charge in [-0.2, -0.15) is 0 Å². The van der Waals surface area contributed by atoms with Gasteiger partial charge in [0.2, 0.25) is 5.84 Å². The summed E-state index contributed by atoms with van der Waals surface area (Å²) in [6, 6.07) is 0.0694. The minimum absolute atomic E-state index is 0.0694. The average Bonchev–Trinajstić information content (AvgIpc) is 2.17. The van der Waals surface area contributed by atoms with Crippen molar-refractivity contribution in [3.8, 4) is 0 Å². The molecule has 11 heavy (non-hydrogen) atoms. The lowest BCUT2D eigenvalue weighted by molar-refractivity contribution is -0.512. The Balaban J connectivity index is 2.86. The number of rotatable bonds is 1. The van der Waals surface area contributed by atoms with Gasteiger partial charge >= 0.3 is 0 Å². The largest absolute Gasteiger partial charge is 0.295 e. The molecule has 0 amide bonds. The van der Waals surface area contributed by atoms with Gasteiger partial charge < -0.3 is 0 Å². The molecule has 0 aromatic carbocycles. The van der Waals surface area contributed by atoms with Crippen molar-refractivity contribution in [3.63, 3.8) is 0 Å². The molecule has 3 heteroatoms. The van der Waals surface area contributed by atoms with Crippen LogP contribution in [0.25, 0.3) is 0 Å². The molecule has 0 spiro atoms. The summed E-state index contributed by atoms with van der Waals surface area (Å²) in [5, 5.41) is 0. The molecule has 0 N–H and O–H groups in total. The van der Waals surface area contributed by atoms with Gasteiger partial charge in [0, 0.05) is 6.92 Å². The number of carbonyl (C=O) groups excluding carboxylic acids is 1. The summed E-state index contributed by atoms with van der Waals surface area (Å²) in [6.45, 7) is 4.51. The van der Waals surface area contributed by atoms with Gasteiger partial charge in [0.25, 0.3) is 0 Å². The van der Waals surface area contributed by atoms with Crippen LogP contribution < -0.4 is 0 Å². The van der Waals surface area contributed by atoms with Gasteiger partial charge in [0.15, 0.2) is 11.8 Å². The minimum Gasteiger partial charge on any atom is -0.295 e. The van der Waals surface area contributed by atoms with E-state index >= 15 is 0 Å². The number of hydrogen-bond acceptors (Lipinski definition) is 2. The molecule has 0 aliphatic carbocycles. The van der Waals surface area contributed by atoms with Crippen LogP contribution in [0.1, 0.15) is 13.8 Å². The van der Waals surface area contributed by atoms with Crippen LogP contribution in [0.15, 0.2) is 0 Å². The lowest BCUT2D eigenvalue weighted by Gasteiger charge is -2.02. The Morgan fingerprint density at radius 3 is 2.45 bits per heavy atom. The molecule has 0 saturated carbocycles. The summed E-state index contributed by atoms with van der Waals surface area (Å²) < 4.78 is 2.03. The van der Waals surface area contributed by atoms with Crippen molar-refractivity contribution in [1.82, 2.24) is 4.90 Å². The maximum atomic E-state index is 11.1. The quantitative estimate of drug-likeness (QED) is 0.496. The third kappa shape index (κ3) is 1.27. The van der Waals surface area contributed by atoms with E-state index in [4.69, 9.17) is 0 Å². The summed E-state index contributed by atoms with van der Waals surface area (Å²) in [6.07, 6.45) is 0. The van der Waals surface area contributed by atoms with Gasteiger partial charge in [-0.1, -0.05) is 0 Å². The van der Waals surface area contributed by atoms with Gasteiger partial charge in [-0.15, -0.1) is 0 Å². The zero-order valence-electron chi connectivity index (χ0n) is 7.59. The van der Waals surface area contributed by atoms with Gasteiger partial charge in [-0.05, 0) is 6.92 Å². The first-order valence-corrected chi connectivity index (χ1v) is 3.82. The van der Waals surface area contributed by atoms with Crippen LogP contribution in [0.3, 0.4) is 0 Å². The fourth-order valence-corrected chi connectivity index (χ4v) is 1.41. The number of nitrogens with zero attached hydrogens (tertiary/aromatic N) is 2. The van der Waals surface area contributed by atoms with E-state index in [-0.39, 0.29) is 11.8 Å². The summed E-state index contributed by atoms with van der Waals surface area (Å²) in [7, 11) is 3.97. The maximum Gasteiger partial charge on any atom is 0.244 e. The molecule has 0 bridgehead atoms. The third-order valence-electron chi connectivity index (χ3n) is 2.45. The van der Waals surface area contributed by atoms with E-state index in [0.717, 1.165) is 6.54 Å². The van der Waals surface area contributed by atoms with Gasteiger partial charge in [-0.3, -0.25) is 14.3 Å². The molecule has 1 unspecified atom stereocenters. The molecule has 0 aromatic rings. The van der Waals surface area contributed by atoms with E-state index in [1.54, 1.807) is 6.92 Å². The highest BCUT2D eigenvalue weighted by Gasteiger charge is 2.33. The monoisotopic (exact) mass is 155 g/mol. The summed E-state index contributed by atoms with van der Waals surface area (Å²) in [5.74, 6) is 1.42. The zero-order chi connectivity index (χ0) is 8.59. The van der Waals surface area contributed by atoms with E-state index in [1.807, 2.05) is 25.6 Å². The summed E-state index contributed by atoms with van der Waals surface area (Å²) in [5.41, 5.74) is 0. The van der Waals surface area contributed by atoms with E-state index < -0.39 is 0 Å². The number of Topliss-reactive ketones (excluding diaryl/α,β-unsaturated/α-hetero) is 1. The number of hydrogen-bond donors (Lipinski definition) is 0. The third-order valence-corrected chi connectivity index (χ3v) is 2.45. The Morgan fingerprint density at radius 1 is 1.73 bits per heavy atom. The van der Waals surface area contributed by atoms with Crippen molar-refractivity contribution in [2.75, 3.05) is 20.6 Å². The van der Waals surface area contributed by atoms with Crippen LogP contribution in [-0.2, 0) is 4.79 Å². The van der Waals surface area contributed by atoms with E-state index in [2.05, 4.69) is 4.90 Å². The minimum atomic E-state index is 0.0694. The summed E-state index contributed by atoms with van der Waals surface area (Å²) in [4.78, 5) is 13.2. The number of ketones is 1. The Morgan fingerprint density at radius 2 is 2.27 bits per heavy atom. The van der Waals surface area contributed by atoms with Gasteiger partial charge in [-0.25, -0.2) is 0 Å². The lowest BCUT2D eigenvalue weighted by atomic mass is 10.2. The Labute approximate surface area is 67.3 Å². The fourth-order valence-electron chi connectivity index (χ4n) is 1.41. The second kappa shape index (κ2) is 2.64. The number of likely N-dealkylation sites (N-methyl/N-ethyl adjacent to an activating group) is 2. The summed E-state index contributed by atoms with van der Waals surface area (Å²) >= 11 is 0. The van der Waals surface area contributed by atoms with Gasteiger partial charge in [0.05, 0.1) is 14.1 Å². The highest BCUT2D eigenvalue weighted by Crippen LogP contribution is 2.05. The van der Waals surface area contributed by atoms with Crippen LogP contribution >= 0.6 is 0 Å². The maximum absolute atomic E-state index is 11.1. The average molecular weight is 155 g/mol. The molecule has 1 heterocycles. The van der Waals surface area contributed by atoms with Crippen LogP contribution in [-0.4, -0.2) is 47.8 Å². The van der Waals surface area contributed by atoms with Crippen LogP contribution in [0.4, 0.5) is 0 Å². The number of amidine groups is 1. The first-order chi connectivity index (χ1) is 5.04. The van der Waals surface area contributed by atoms with Crippen molar-refractivity contribution in [3.05, 3.63) is 0 Å². The zero-order valence-corrected chi connectivity index (χ0v) is 7.59. The predicted molar refractivity (Wildman–Crippen MR) is 44.0 cm³/mol. The van der Waals surface area contributed by atoms with E-state index in [0.29, 0.717) is 0 Å². The molecule has 1 aliphatic heterocycles. The Kier molecular flexibility index (Phi) is 1.98. The molecule has 0 aromatic heterocycles. The molecule has 1 atom stereocenters. The van der Waals surface area contributed by atoms with E-state index in [1.165, 1.54) is 5.84 Å². The molecule has 62 valence electrons. The van der Waals surface area contributed by atoms with Crippen molar-refractivity contribution < 1.29 is 9.37 Å². The lowest BCUT2D eigenvalue weighted by Crippen LogP contribution is -2.30.